The van der Waals surface area contributed by atoms with Crippen molar-refractivity contribution in [3.63, 3.8) is 0 Å². The summed E-state index contributed by atoms with van der Waals surface area (Å²) >= 11 is 0. The van der Waals surface area contributed by atoms with E-state index in [0.29, 0.717) is 24.9 Å². The molecule has 5 nitrogen and oxygen atoms in total. The zero-order valence-electron chi connectivity index (χ0n) is 16.6. The van der Waals surface area contributed by atoms with Crippen LogP contribution in [-0.2, 0) is 16.4 Å². The minimum atomic E-state index is -3.06. The number of piperidine rings is 1. The van der Waals surface area contributed by atoms with E-state index in [1.165, 1.54) is 24.7 Å². The van der Waals surface area contributed by atoms with Gasteiger partial charge >= 0.3 is 0 Å². The zero-order valence-corrected chi connectivity index (χ0v) is 17.4. The maximum Gasteiger partial charge on any atom is 0.253 e. The second-order valence-corrected chi connectivity index (χ2v) is 10.2. The first-order valence-electron chi connectivity index (χ1n) is 10.2. The lowest BCUT2D eigenvalue weighted by Crippen LogP contribution is -2.38. The Morgan fingerprint density at radius 1 is 1.07 bits per heavy atom. The number of benzene rings is 1. The molecule has 27 heavy (non-hydrogen) atoms. The number of hydrogen-bond donors (Lipinski definition) is 0. The summed E-state index contributed by atoms with van der Waals surface area (Å²) < 4.78 is 24.8. The number of carbonyl (C=O) groups is 1. The average molecular weight is 393 g/mol. The minimum Gasteiger partial charge on any atom is -0.338 e. The van der Waals surface area contributed by atoms with Crippen LogP contribution in [-0.4, -0.2) is 56.0 Å². The van der Waals surface area contributed by atoms with Gasteiger partial charge in [-0.05, 0) is 68.1 Å². The van der Waals surface area contributed by atoms with Crippen LogP contribution >= 0.6 is 0 Å². The zero-order chi connectivity index (χ0) is 19.4. The lowest BCUT2D eigenvalue weighted by Gasteiger charge is -2.30. The van der Waals surface area contributed by atoms with Gasteiger partial charge in [0.2, 0.25) is 10.0 Å². The Balaban J connectivity index is 1.54. The highest BCUT2D eigenvalue weighted by Gasteiger charge is 2.27. The van der Waals surface area contributed by atoms with Crippen molar-refractivity contribution in [1.82, 2.24) is 9.21 Å². The molecule has 2 aliphatic rings. The predicted molar refractivity (Wildman–Crippen MR) is 108 cm³/mol. The van der Waals surface area contributed by atoms with Gasteiger partial charge in [0, 0.05) is 31.7 Å². The maximum atomic E-state index is 12.8. The Labute approximate surface area is 163 Å². The molecule has 1 saturated carbocycles. The van der Waals surface area contributed by atoms with Gasteiger partial charge < -0.3 is 4.90 Å². The van der Waals surface area contributed by atoms with Gasteiger partial charge in [-0.3, -0.25) is 4.79 Å². The monoisotopic (exact) mass is 392 g/mol. The summed E-state index contributed by atoms with van der Waals surface area (Å²) in [6.45, 7) is 5.08. The third kappa shape index (κ3) is 5.79. The molecule has 0 spiro atoms. The van der Waals surface area contributed by atoms with Crippen LogP contribution in [0.3, 0.4) is 0 Å². The predicted octanol–water partition coefficient (Wildman–Crippen LogP) is 3.16. The molecule has 1 aromatic rings. The van der Waals surface area contributed by atoms with Gasteiger partial charge in [-0.25, -0.2) is 12.7 Å². The molecule has 1 aliphatic heterocycles. The molecule has 0 N–H and O–H groups in total. The van der Waals surface area contributed by atoms with E-state index in [9.17, 15) is 13.2 Å². The van der Waals surface area contributed by atoms with Gasteiger partial charge in [0.15, 0.2) is 0 Å². The summed E-state index contributed by atoms with van der Waals surface area (Å²) in [5, 5.41) is 0. The van der Waals surface area contributed by atoms with E-state index in [-0.39, 0.29) is 5.91 Å². The Morgan fingerprint density at radius 2 is 1.70 bits per heavy atom. The molecule has 0 radical (unpaired) electrons. The molecule has 0 unspecified atom stereocenters. The smallest absolute Gasteiger partial charge is 0.253 e. The first-order valence-corrected chi connectivity index (χ1v) is 12.0. The van der Waals surface area contributed by atoms with Gasteiger partial charge in [0.05, 0.1) is 6.26 Å². The number of nitrogens with zero attached hydrogens (tertiary/aromatic N) is 2. The van der Waals surface area contributed by atoms with Crippen LogP contribution in [0.1, 0.15) is 54.9 Å². The standard InChI is InChI=1S/C21H32N2O3S/c1-3-12-22(16-19-4-5-19)21(24)20-8-6-17(7-9-20)15-18-10-13-23(14-11-18)27(2,25)26/h6-9,18-19H,3-5,10-16H2,1-2H3. The van der Waals surface area contributed by atoms with Crippen LogP contribution in [0, 0.1) is 11.8 Å². The molecule has 1 saturated heterocycles. The molecule has 150 valence electrons. The number of sulfonamides is 1. The fourth-order valence-electron chi connectivity index (χ4n) is 3.90. The third-order valence-corrected chi connectivity index (χ3v) is 7.03. The van der Waals surface area contributed by atoms with E-state index in [4.69, 9.17) is 0 Å². The van der Waals surface area contributed by atoms with Crippen molar-refractivity contribution >= 4 is 15.9 Å². The maximum absolute atomic E-state index is 12.8. The highest BCUT2D eigenvalue weighted by molar-refractivity contribution is 7.88. The first-order chi connectivity index (χ1) is 12.9. The quantitative estimate of drug-likeness (QED) is 0.683. The summed E-state index contributed by atoms with van der Waals surface area (Å²) in [6.07, 6.45) is 7.54. The fraction of sp³-hybridized carbons (Fsp3) is 0.667. The molecule has 6 heteroatoms. The van der Waals surface area contributed by atoms with Crippen LogP contribution in [0.25, 0.3) is 0 Å². The average Bonchev–Trinajstić information content (AvgIpc) is 3.45. The molecule has 0 atom stereocenters. The topological polar surface area (TPSA) is 57.7 Å². The van der Waals surface area contributed by atoms with E-state index >= 15 is 0 Å². The lowest BCUT2D eigenvalue weighted by molar-refractivity contribution is 0.0747. The summed E-state index contributed by atoms with van der Waals surface area (Å²) in [4.78, 5) is 14.8. The van der Waals surface area contributed by atoms with Gasteiger partial charge in [0.1, 0.15) is 0 Å². The van der Waals surface area contributed by atoms with Crippen LogP contribution in [0.15, 0.2) is 24.3 Å². The third-order valence-electron chi connectivity index (χ3n) is 5.72. The Bertz CT molecular complexity index is 733. The number of carbonyl (C=O) groups excluding carboxylic acids is 1. The molecule has 1 aliphatic carbocycles. The summed E-state index contributed by atoms with van der Waals surface area (Å²) in [5.41, 5.74) is 2.01. The van der Waals surface area contributed by atoms with Crippen LogP contribution in [0.5, 0.6) is 0 Å². The molecular weight excluding hydrogens is 360 g/mol. The van der Waals surface area contributed by atoms with Crippen LogP contribution in [0.2, 0.25) is 0 Å². The van der Waals surface area contributed by atoms with Gasteiger partial charge in [-0.15, -0.1) is 0 Å². The molecular formula is C21H32N2O3S. The van der Waals surface area contributed by atoms with E-state index in [1.54, 1.807) is 4.31 Å². The van der Waals surface area contributed by atoms with Crippen molar-refractivity contribution < 1.29 is 13.2 Å². The molecule has 0 bridgehead atoms. The highest BCUT2D eigenvalue weighted by atomic mass is 32.2. The first kappa shape index (κ1) is 20.3. The van der Waals surface area contributed by atoms with Crippen molar-refractivity contribution in [3.05, 3.63) is 35.4 Å². The molecule has 3 rings (SSSR count). The van der Waals surface area contributed by atoms with Crippen molar-refractivity contribution in [3.8, 4) is 0 Å². The Morgan fingerprint density at radius 3 is 2.22 bits per heavy atom. The summed E-state index contributed by atoms with van der Waals surface area (Å²) in [5.74, 6) is 1.37. The molecule has 1 amide bonds. The lowest BCUT2D eigenvalue weighted by atomic mass is 9.90. The van der Waals surface area contributed by atoms with Gasteiger partial charge in [-0.1, -0.05) is 19.1 Å². The second-order valence-electron chi connectivity index (χ2n) is 8.20. The van der Waals surface area contributed by atoms with Gasteiger partial charge in [0.25, 0.3) is 5.91 Å². The molecule has 1 heterocycles. The largest absolute Gasteiger partial charge is 0.338 e. The Hall–Kier alpha value is -1.40. The second kappa shape index (κ2) is 8.74. The van der Waals surface area contributed by atoms with Crippen LogP contribution < -0.4 is 0 Å². The fourth-order valence-corrected chi connectivity index (χ4v) is 4.78. The van der Waals surface area contributed by atoms with Crippen molar-refractivity contribution in [2.75, 3.05) is 32.4 Å². The van der Waals surface area contributed by atoms with Crippen molar-refractivity contribution in [1.29, 1.82) is 0 Å². The summed E-state index contributed by atoms with van der Waals surface area (Å²) in [6, 6.07) is 8.05. The van der Waals surface area contributed by atoms with Crippen molar-refractivity contribution in [2.45, 2.75) is 45.4 Å². The number of hydrogen-bond acceptors (Lipinski definition) is 3. The highest BCUT2D eigenvalue weighted by Crippen LogP contribution is 2.30. The van der Waals surface area contributed by atoms with E-state index in [0.717, 1.165) is 44.3 Å². The van der Waals surface area contributed by atoms with E-state index in [1.807, 2.05) is 17.0 Å². The summed E-state index contributed by atoms with van der Waals surface area (Å²) in [7, 11) is -3.06. The molecule has 0 aromatic heterocycles. The Kier molecular flexibility index (Phi) is 6.58. The number of amides is 1. The molecule has 2 fully saturated rings. The van der Waals surface area contributed by atoms with Gasteiger partial charge in [-0.2, -0.15) is 0 Å². The number of rotatable bonds is 8. The van der Waals surface area contributed by atoms with Crippen LogP contribution in [0.4, 0.5) is 0 Å². The SMILES string of the molecule is CCCN(CC1CC1)C(=O)c1ccc(CC2CCN(S(C)(=O)=O)CC2)cc1. The minimum absolute atomic E-state index is 0.150. The molecule has 1 aromatic carbocycles. The normalized spacial score (nSPS) is 19.2. The van der Waals surface area contributed by atoms with E-state index in [2.05, 4.69) is 19.1 Å². The van der Waals surface area contributed by atoms with Crippen molar-refractivity contribution in [2.24, 2.45) is 11.8 Å². The van der Waals surface area contributed by atoms with E-state index < -0.39 is 10.0 Å².